The summed E-state index contributed by atoms with van der Waals surface area (Å²) in [6, 6.07) is 3.59. The lowest BCUT2D eigenvalue weighted by molar-refractivity contribution is 0.101. The van der Waals surface area contributed by atoms with Gasteiger partial charge >= 0.3 is 0 Å². The first kappa shape index (κ1) is 11.5. The molecule has 0 fully saturated rings. The molecule has 0 unspecified atom stereocenters. The monoisotopic (exact) mass is 276 g/mol. The van der Waals surface area contributed by atoms with Gasteiger partial charge in [-0.15, -0.1) is 21.5 Å². The van der Waals surface area contributed by atoms with Crippen LogP contribution in [-0.2, 0) is 0 Å². The van der Waals surface area contributed by atoms with Gasteiger partial charge in [-0.25, -0.2) is 4.98 Å². The zero-order chi connectivity index (χ0) is 13.2. The van der Waals surface area contributed by atoms with Gasteiger partial charge in [0.15, 0.2) is 10.8 Å². The molecule has 0 aliphatic rings. The molecule has 0 saturated heterocycles. The third-order valence-corrected chi connectivity index (χ3v) is 3.29. The predicted octanol–water partition coefficient (Wildman–Crippen LogP) is 1.48. The van der Waals surface area contributed by atoms with Crippen molar-refractivity contribution in [2.75, 3.05) is 5.32 Å². The van der Waals surface area contributed by atoms with Gasteiger partial charge in [0, 0.05) is 4.88 Å². The van der Waals surface area contributed by atoms with Crippen molar-refractivity contribution in [1.29, 1.82) is 0 Å². The van der Waals surface area contributed by atoms with E-state index < -0.39 is 5.91 Å². The molecule has 0 atom stereocenters. The molecule has 2 N–H and O–H groups in total. The van der Waals surface area contributed by atoms with Crippen molar-refractivity contribution in [2.24, 2.45) is 0 Å². The summed E-state index contributed by atoms with van der Waals surface area (Å²) in [7, 11) is 0. The summed E-state index contributed by atoms with van der Waals surface area (Å²) in [5.41, 5.74) is 0. The highest BCUT2D eigenvalue weighted by Crippen LogP contribution is 2.30. The minimum Gasteiger partial charge on any atom is -0.462 e. The average molecular weight is 276 g/mol. The topological polar surface area (TPSA) is 110 Å². The Kier molecular flexibility index (Phi) is 2.80. The van der Waals surface area contributed by atoms with E-state index in [9.17, 15) is 4.79 Å². The lowest BCUT2D eigenvalue weighted by Crippen LogP contribution is -2.14. The maximum Gasteiger partial charge on any atom is 0.298 e. The van der Waals surface area contributed by atoms with Crippen LogP contribution in [0.5, 0.6) is 0 Å². The number of anilines is 1. The first-order valence-corrected chi connectivity index (χ1v) is 6.12. The van der Waals surface area contributed by atoms with Crippen LogP contribution in [0, 0.1) is 6.92 Å². The number of aromatic nitrogens is 5. The second-order valence-electron chi connectivity index (χ2n) is 3.59. The molecule has 0 radical (unpaired) electrons. The maximum atomic E-state index is 11.8. The van der Waals surface area contributed by atoms with E-state index in [1.807, 2.05) is 13.0 Å². The normalized spacial score (nSPS) is 10.6. The molecule has 0 aliphatic heterocycles. The summed E-state index contributed by atoms with van der Waals surface area (Å²) < 4.78 is 5.26. The Morgan fingerprint density at radius 1 is 1.53 bits per heavy atom. The van der Waals surface area contributed by atoms with Gasteiger partial charge in [0.25, 0.3) is 11.7 Å². The minimum absolute atomic E-state index is 0.0352. The van der Waals surface area contributed by atoms with E-state index in [1.54, 1.807) is 12.3 Å². The molecular formula is C10H8N6O2S. The molecule has 1 amide bonds. The number of H-pyrrole nitrogens is 1. The number of carbonyl (C=O) groups excluding carboxylic acids is 1. The van der Waals surface area contributed by atoms with Crippen molar-refractivity contribution in [3.63, 3.8) is 0 Å². The molecule has 8 nitrogen and oxygen atoms in total. The summed E-state index contributed by atoms with van der Waals surface area (Å²) in [6.45, 7) is 1.86. The zero-order valence-corrected chi connectivity index (χ0v) is 10.6. The van der Waals surface area contributed by atoms with Gasteiger partial charge < -0.3 is 9.73 Å². The summed E-state index contributed by atoms with van der Waals surface area (Å²) in [4.78, 5) is 16.9. The third kappa shape index (κ3) is 2.22. The van der Waals surface area contributed by atoms with Gasteiger partial charge in [0.2, 0.25) is 0 Å². The lowest BCUT2D eigenvalue weighted by atomic mass is 10.4. The Bertz CT molecular complexity index is 688. The number of nitrogens with zero attached hydrogens (tertiary/aromatic N) is 4. The smallest absolute Gasteiger partial charge is 0.298 e. The number of thiazole rings is 1. The fourth-order valence-electron chi connectivity index (χ4n) is 1.44. The average Bonchev–Trinajstić information content (AvgIpc) is 3.09. The van der Waals surface area contributed by atoms with E-state index in [1.165, 1.54) is 11.3 Å². The first-order chi connectivity index (χ1) is 9.24. The van der Waals surface area contributed by atoms with Gasteiger partial charge in [0.1, 0.15) is 5.82 Å². The van der Waals surface area contributed by atoms with Crippen LogP contribution in [0.25, 0.3) is 10.8 Å². The Labute approximate surface area is 110 Å². The van der Waals surface area contributed by atoms with Crippen molar-refractivity contribution >= 4 is 23.1 Å². The lowest BCUT2D eigenvalue weighted by Gasteiger charge is -1.97. The quantitative estimate of drug-likeness (QED) is 0.749. The van der Waals surface area contributed by atoms with Crippen LogP contribution in [0.3, 0.4) is 0 Å². The van der Waals surface area contributed by atoms with Crippen LogP contribution in [-0.4, -0.2) is 31.5 Å². The molecule has 0 bridgehead atoms. The van der Waals surface area contributed by atoms with E-state index in [-0.39, 0.29) is 5.82 Å². The van der Waals surface area contributed by atoms with Crippen LogP contribution in [0.2, 0.25) is 0 Å². The van der Waals surface area contributed by atoms with Gasteiger partial charge in [-0.05, 0) is 24.3 Å². The summed E-state index contributed by atoms with van der Waals surface area (Å²) in [6.07, 6.45) is 1.57. The highest BCUT2D eigenvalue weighted by Gasteiger charge is 2.16. The first-order valence-electron chi connectivity index (χ1n) is 5.30. The Morgan fingerprint density at radius 3 is 3.11 bits per heavy atom. The second-order valence-corrected chi connectivity index (χ2v) is 4.79. The van der Waals surface area contributed by atoms with Gasteiger partial charge in [0.05, 0.1) is 6.26 Å². The van der Waals surface area contributed by atoms with Crippen LogP contribution in [0.15, 0.2) is 22.8 Å². The molecule has 3 heterocycles. The Hall–Kier alpha value is -2.55. The van der Waals surface area contributed by atoms with Crippen molar-refractivity contribution in [2.45, 2.75) is 6.92 Å². The molecule has 0 spiro atoms. The van der Waals surface area contributed by atoms with Crippen LogP contribution >= 0.6 is 11.3 Å². The molecule has 9 heteroatoms. The molecule has 19 heavy (non-hydrogen) atoms. The molecule has 96 valence electrons. The van der Waals surface area contributed by atoms with Crippen molar-refractivity contribution in [1.82, 2.24) is 25.6 Å². The predicted molar refractivity (Wildman–Crippen MR) is 66.7 cm³/mol. The number of nitrogens with one attached hydrogen (secondary N) is 2. The highest BCUT2D eigenvalue weighted by molar-refractivity contribution is 7.15. The second kappa shape index (κ2) is 4.61. The molecule has 3 aromatic heterocycles. The number of aryl methyl sites for hydroxylation is 1. The molecule has 0 saturated carbocycles. The highest BCUT2D eigenvalue weighted by atomic mass is 32.1. The fourth-order valence-corrected chi connectivity index (χ4v) is 2.28. The Morgan fingerprint density at radius 2 is 2.42 bits per heavy atom. The number of hydrogen-bond acceptors (Lipinski definition) is 7. The molecule has 0 aromatic carbocycles. The molecular weight excluding hydrogens is 268 g/mol. The largest absolute Gasteiger partial charge is 0.462 e. The number of furan rings is 1. The number of amides is 1. The van der Waals surface area contributed by atoms with Crippen molar-refractivity contribution in [3.8, 4) is 10.8 Å². The third-order valence-electron chi connectivity index (χ3n) is 2.31. The minimum atomic E-state index is -0.465. The standard InChI is InChI=1S/C10H8N6O2S/c1-5-7(11-9(17)8-13-15-16-14-8)12-10(19-5)6-3-2-4-18-6/h2-4H,1H3,(H,11,17)(H,13,14,15,16). The van der Waals surface area contributed by atoms with Crippen LogP contribution in [0.4, 0.5) is 5.82 Å². The van der Waals surface area contributed by atoms with Gasteiger partial charge in [-0.2, -0.15) is 5.21 Å². The summed E-state index contributed by atoms with van der Waals surface area (Å²) in [5.74, 6) is 0.624. The number of carbonyl (C=O) groups is 1. The van der Waals surface area contributed by atoms with Crippen LogP contribution in [0.1, 0.15) is 15.5 Å². The summed E-state index contributed by atoms with van der Waals surface area (Å²) in [5, 5.41) is 16.1. The Balaban J connectivity index is 1.84. The number of hydrogen-bond donors (Lipinski definition) is 2. The number of rotatable bonds is 3. The van der Waals surface area contributed by atoms with E-state index >= 15 is 0 Å². The van der Waals surface area contributed by atoms with Gasteiger partial charge in [-0.3, -0.25) is 4.79 Å². The summed E-state index contributed by atoms with van der Waals surface area (Å²) >= 11 is 1.43. The van der Waals surface area contributed by atoms with Crippen molar-refractivity contribution < 1.29 is 9.21 Å². The number of tetrazole rings is 1. The number of aromatic amines is 1. The van der Waals surface area contributed by atoms with Gasteiger partial charge in [-0.1, -0.05) is 0 Å². The molecule has 3 rings (SSSR count). The fraction of sp³-hybridized carbons (Fsp3) is 0.100. The van der Waals surface area contributed by atoms with E-state index in [4.69, 9.17) is 4.42 Å². The molecule has 3 aromatic rings. The SMILES string of the molecule is Cc1sc(-c2ccco2)nc1NC(=O)c1nn[nH]n1. The van der Waals surface area contributed by atoms with Crippen molar-refractivity contribution in [3.05, 3.63) is 29.1 Å². The molecule has 0 aliphatic carbocycles. The van der Waals surface area contributed by atoms with E-state index in [0.29, 0.717) is 16.6 Å². The van der Waals surface area contributed by atoms with E-state index in [0.717, 1.165) is 4.88 Å². The van der Waals surface area contributed by atoms with Crippen LogP contribution < -0.4 is 5.32 Å². The zero-order valence-electron chi connectivity index (χ0n) is 9.75. The van der Waals surface area contributed by atoms with E-state index in [2.05, 4.69) is 30.9 Å². The maximum absolute atomic E-state index is 11.8.